The Hall–Kier alpha value is -0.660. The van der Waals surface area contributed by atoms with Crippen LogP contribution in [-0.2, 0) is 9.59 Å². The maximum absolute atomic E-state index is 12.5. The van der Waals surface area contributed by atoms with E-state index >= 15 is 0 Å². The van der Waals surface area contributed by atoms with Gasteiger partial charge in [-0.05, 0) is 79.4 Å². The normalized spacial score (nSPS) is 50.8. The summed E-state index contributed by atoms with van der Waals surface area (Å²) < 4.78 is 0. The number of fused-ring (bicyclic) bond motifs is 5. The van der Waals surface area contributed by atoms with Crippen LogP contribution >= 0.6 is 0 Å². The molecule has 0 unspecified atom stereocenters. The fraction of sp³-hybridized carbons (Fsp3) is 0.909. The number of rotatable bonds is 2. The van der Waals surface area contributed by atoms with E-state index in [0.29, 0.717) is 35.2 Å². The van der Waals surface area contributed by atoms with Gasteiger partial charge in [0.05, 0.1) is 0 Å². The van der Waals surface area contributed by atoms with Crippen molar-refractivity contribution >= 4 is 11.6 Å². The molecule has 4 aliphatic rings. The van der Waals surface area contributed by atoms with Crippen LogP contribution in [0.1, 0.15) is 85.0 Å². The third-order valence-electron chi connectivity index (χ3n) is 9.22. The van der Waals surface area contributed by atoms with Crippen molar-refractivity contribution in [1.82, 2.24) is 0 Å². The Morgan fingerprint density at radius 1 is 1.00 bits per heavy atom. The number of hydrogen-bond donors (Lipinski definition) is 0. The lowest BCUT2D eigenvalue weighted by Crippen LogP contribution is -2.53. The van der Waals surface area contributed by atoms with Gasteiger partial charge >= 0.3 is 0 Å². The van der Waals surface area contributed by atoms with E-state index in [1.165, 1.54) is 32.1 Å². The summed E-state index contributed by atoms with van der Waals surface area (Å²) in [6.07, 6.45) is 11.0. The van der Waals surface area contributed by atoms with Crippen LogP contribution in [0.25, 0.3) is 0 Å². The van der Waals surface area contributed by atoms with E-state index in [2.05, 4.69) is 13.8 Å². The molecule has 0 aliphatic heterocycles. The summed E-state index contributed by atoms with van der Waals surface area (Å²) in [5, 5.41) is 0. The summed E-state index contributed by atoms with van der Waals surface area (Å²) in [5.74, 6) is 4.36. The van der Waals surface area contributed by atoms with Crippen molar-refractivity contribution in [3.8, 4) is 0 Å². The number of hydrogen-bond acceptors (Lipinski definition) is 2. The van der Waals surface area contributed by atoms with Gasteiger partial charge in [-0.3, -0.25) is 9.59 Å². The van der Waals surface area contributed by atoms with Crippen molar-refractivity contribution in [1.29, 1.82) is 0 Å². The highest BCUT2D eigenvalue weighted by molar-refractivity contribution is 5.82. The quantitative estimate of drug-likeness (QED) is 0.698. The van der Waals surface area contributed by atoms with Crippen molar-refractivity contribution < 1.29 is 9.59 Å². The van der Waals surface area contributed by atoms with Crippen LogP contribution in [0, 0.1) is 40.4 Å². The molecule has 134 valence electrons. The zero-order chi connectivity index (χ0) is 17.1. The van der Waals surface area contributed by atoms with Gasteiger partial charge in [-0.2, -0.15) is 0 Å². The zero-order valence-corrected chi connectivity index (χ0v) is 15.8. The van der Waals surface area contributed by atoms with E-state index in [4.69, 9.17) is 0 Å². The molecule has 4 saturated carbocycles. The van der Waals surface area contributed by atoms with Crippen LogP contribution in [0.4, 0.5) is 0 Å². The molecule has 0 aromatic heterocycles. The first-order chi connectivity index (χ1) is 11.4. The van der Waals surface area contributed by atoms with Crippen molar-refractivity contribution in [3.63, 3.8) is 0 Å². The van der Waals surface area contributed by atoms with Gasteiger partial charge in [-0.25, -0.2) is 0 Å². The smallest absolute Gasteiger partial charge is 0.136 e. The number of ketones is 2. The molecule has 0 radical (unpaired) electrons. The molecule has 4 aliphatic carbocycles. The maximum atomic E-state index is 12.5. The first-order valence-corrected chi connectivity index (χ1v) is 10.4. The molecule has 7 atom stereocenters. The second-order valence-corrected chi connectivity index (χ2v) is 9.89. The maximum Gasteiger partial charge on any atom is 0.136 e. The van der Waals surface area contributed by atoms with Gasteiger partial charge in [0.15, 0.2) is 0 Å². The molecule has 4 fully saturated rings. The van der Waals surface area contributed by atoms with Gasteiger partial charge in [-0.1, -0.05) is 20.8 Å². The molecule has 0 bridgehead atoms. The Kier molecular flexibility index (Phi) is 3.97. The third-order valence-corrected chi connectivity index (χ3v) is 9.22. The summed E-state index contributed by atoms with van der Waals surface area (Å²) >= 11 is 0. The van der Waals surface area contributed by atoms with Gasteiger partial charge in [0.1, 0.15) is 11.6 Å². The van der Waals surface area contributed by atoms with Crippen LogP contribution in [0.3, 0.4) is 0 Å². The minimum Gasteiger partial charge on any atom is -0.300 e. The average Bonchev–Trinajstić information content (AvgIpc) is 2.92. The van der Waals surface area contributed by atoms with E-state index in [-0.39, 0.29) is 5.41 Å². The third kappa shape index (κ3) is 2.20. The fourth-order valence-corrected chi connectivity index (χ4v) is 7.82. The van der Waals surface area contributed by atoms with Crippen molar-refractivity contribution in [2.45, 2.75) is 85.0 Å². The lowest BCUT2D eigenvalue weighted by atomic mass is 9.44. The summed E-state index contributed by atoms with van der Waals surface area (Å²) in [7, 11) is 0. The molecule has 0 spiro atoms. The molecule has 2 heteroatoms. The van der Waals surface area contributed by atoms with E-state index in [1.807, 2.05) is 6.92 Å². The van der Waals surface area contributed by atoms with Gasteiger partial charge in [0.2, 0.25) is 0 Å². The Morgan fingerprint density at radius 2 is 1.75 bits per heavy atom. The van der Waals surface area contributed by atoms with E-state index in [0.717, 1.165) is 43.4 Å². The highest BCUT2D eigenvalue weighted by Gasteiger charge is 2.60. The molecule has 0 saturated heterocycles. The van der Waals surface area contributed by atoms with Gasteiger partial charge in [0.25, 0.3) is 0 Å². The minimum absolute atomic E-state index is 0.266. The number of carbonyl (C=O) groups excluding carboxylic acids is 2. The summed E-state index contributed by atoms with van der Waals surface area (Å²) in [6, 6.07) is 0. The van der Waals surface area contributed by atoms with Crippen molar-refractivity contribution in [2.75, 3.05) is 0 Å². The lowest BCUT2D eigenvalue weighted by molar-refractivity contribution is -0.143. The second-order valence-electron chi connectivity index (χ2n) is 9.89. The minimum atomic E-state index is 0.266. The second kappa shape index (κ2) is 5.68. The van der Waals surface area contributed by atoms with Crippen LogP contribution < -0.4 is 0 Å². The molecular weight excluding hydrogens is 296 g/mol. The number of carbonyl (C=O) groups is 2. The molecule has 4 rings (SSSR count). The Labute approximate surface area is 147 Å². The fourth-order valence-electron chi connectivity index (χ4n) is 7.82. The van der Waals surface area contributed by atoms with Gasteiger partial charge in [0, 0.05) is 25.2 Å². The highest BCUT2D eigenvalue weighted by atomic mass is 16.1. The van der Waals surface area contributed by atoms with Crippen LogP contribution in [0.2, 0.25) is 0 Å². The Bertz CT molecular complexity index is 552. The van der Waals surface area contributed by atoms with Crippen molar-refractivity contribution in [2.24, 2.45) is 40.4 Å². The van der Waals surface area contributed by atoms with Gasteiger partial charge < -0.3 is 0 Å². The van der Waals surface area contributed by atoms with E-state index in [9.17, 15) is 9.59 Å². The largest absolute Gasteiger partial charge is 0.300 e. The SMILES string of the molecule is CCC(=O)[C@H]1CC[C@H]2[C@@H]3CC[C@H]4CC(=O)CC[C@]4(C)[C@H]3CC[C@]12C. The topological polar surface area (TPSA) is 34.1 Å². The Morgan fingerprint density at radius 3 is 2.50 bits per heavy atom. The molecule has 0 aromatic carbocycles. The standard InChI is InChI=1S/C22H34O2/c1-4-20(24)19-8-7-17-16-6-5-14-13-15(23)9-11-21(14,2)18(16)10-12-22(17,19)3/h14,16-19H,4-13H2,1-3H3/t14-,16-,17-,18-,19+,21-,22-/m0/s1. The van der Waals surface area contributed by atoms with Crippen LogP contribution in [0.5, 0.6) is 0 Å². The molecule has 24 heavy (non-hydrogen) atoms. The van der Waals surface area contributed by atoms with Crippen LogP contribution in [-0.4, -0.2) is 11.6 Å². The predicted octanol–water partition coefficient (Wildman–Crippen LogP) is 5.19. The molecule has 0 heterocycles. The number of Topliss-reactive ketones (excluding diaryl/α,β-unsaturated/α-hetero) is 2. The summed E-state index contributed by atoms with van der Waals surface area (Å²) in [6.45, 7) is 6.99. The summed E-state index contributed by atoms with van der Waals surface area (Å²) in [4.78, 5) is 24.5. The highest BCUT2D eigenvalue weighted by Crippen LogP contribution is 2.67. The predicted molar refractivity (Wildman–Crippen MR) is 95.5 cm³/mol. The first kappa shape index (κ1) is 16.8. The monoisotopic (exact) mass is 330 g/mol. The summed E-state index contributed by atoms with van der Waals surface area (Å²) in [5.41, 5.74) is 0.660. The molecule has 0 N–H and O–H groups in total. The lowest BCUT2D eigenvalue weighted by Gasteiger charge is -2.60. The average molecular weight is 331 g/mol. The molecule has 2 nitrogen and oxygen atoms in total. The zero-order valence-electron chi connectivity index (χ0n) is 15.8. The molecule has 0 aromatic rings. The van der Waals surface area contributed by atoms with Gasteiger partial charge in [-0.15, -0.1) is 0 Å². The molecular formula is C22H34O2. The first-order valence-electron chi connectivity index (χ1n) is 10.4. The van der Waals surface area contributed by atoms with E-state index < -0.39 is 0 Å². The Balaban J connectivity index is 1.61. The van der Waals surface area contributed by atoms with Crippen LogP contribution in [0.15, 0.2) is 0 Å². The van der Waals surface area contributed by atoms with E-state index in [1.54, 1.807) is 0 Å². The van der Waals surface area contributed by atoms with Crippen molar-refractivity contribution in [3.05, 3.63) is 0 Å². The molecule has 0 amide bonds.